The molecule has 0 aliphatic rings. The first kappa shape index (κ1) is 15.6. The molecular formula is C15H12FN3O2S2. The summed E-state index contributed by atoms with van der Waals surface area (Å²) in [5.74, 6) is -0.419. The summed E-state index contributed by atoms with van der Waals surface area (Å²) < 4.78 is 18.8. The first-order valence-electron chi connectivity index (χ1n) is 6.72. The van der Waals surface area contributed by atoms with Gasteiger partial charge in [0.1, 0.15) is 6.61 Å². The fraction of sp³-hybridized carbons (Fsp3) is 0.133. The van der Waals surface area contributed by atoms with E-state index in [4.69, 9.17) is 4.74 Å². The molecule has 3 aromatic rings. The van der Waals surface area contributed by atoms with Crippen LogP contribution in [0, 0.1) is 5.82 Å². The van der Waals surface area contributed by atoms with Crippen LogP contribution in [0.15, 0.2) is 41.8 Å². The van der Waals surface area contributed by atoms with E-state index in [1.165, 1.54) is 28.7 Å². The quantitative estimate of drug-likeness (QED) is 0.740. The fourth-order valence-corrected chi connectivity index (χ4v) is 3.17. The van der Waals surface area contributed by atoms with Crippen LogP contribution in [0.25, 0.3) is 0 Å². The molecule has 0 spiro atoms. The van der Waals surface area contributed by atoms with Gasteiger partial charge in [0.2, 0.25) is 11.0 Å². The summed E-state index contributed by atoms with van der Waals surface area (Å²) >= 11 is 2.73. The number of nitrogens with one attached hydrogen (secondary N) is 1. The van der Waals surface area contributed by atoms with Gasteiger partial charge in [-0.1, -0.05) is 29.5 Å². The Morgan fingerprint density at radius 1 is 1.22 bits per heavy atom. The van der Waals surface area contributed by atoms with Gasteiger partial charge >= 0.3 is 0 Å². The molecular weight excluding hydrogens is 337 g/mol. The van der Waals surface area contributed by atoms with Crippen molar-refractivity contribution in [3.05, 3.63) is 57.5 Å². The number of hydrogen-bond donors (Lipinski definition) is 1. The van der Waals surface area contributed by atoms with Crippen LogP contribution in [0.4, 0.5) is 9.52 Å². The molecule has 5 nitrogen and oxygen atoms in total. The minimum atomic E-state index is -0.429. The highest BCUT2D eigenvalue weighted by molar-refractivity contribution is 7.15. The van der Waals surface area contributed by atoms with Crippen LogP contribution in [0.3, 0.4) is 0 Å². The number of halogens is 1. The first-order chi connectivity index (χ1) is 11.2. The maximum Gasteiger partial charge on any atom is 0.231 e. The first-order valence-corrected chi connectivity index (χ1v) is 8.42. The van der Waals surface area contributed by atoms with Gasteiger partial charge < -0.3 is 10.1 Å². The maximum atomic E-state index is 13.4. The van der Waals surface area contributed by atoms with Crippen LogP contribution in [0.1, 0.15) is 9.88 Å². The average Bonchev–Trinajstić information content (AvgIpc) is 3.18. The minimum Gasteiger partial charge on any atom is -0.483 e. The monoisotopic (exact) mass is 349 g/mol. The Hall–Kier alpha value is -2.32. The summed E-state index contributed by atoms with van der Waals surface area (Å²) in [6, 6.07) is 9.95. The molecule has 0 unspecified atom stereocenters. The van der Waals surface area contributed by atoms with Crippen LogP contribution in [0.2, 0.25) is 0 Å². The lowest BCUT2D eigenvalue weighted by Gasteiger charge is -2.03. The lowest BCUT2D eigenvalue weighted by Crippen LogP contribution is -2.13. The zero-order valence-electron chi connectivity index (χ0n) is 11.9. The molecule has 0 aliphatic heterocycles. The Morgan fingerprint density at radius 2 is 2.09 bits per heavy atom. The van der Waals surface area contributed by atoms with Crippen molar-refractivity contribution in [2.24, 2.45) is 0 Å². The van der Waals surface area contributed by atoms with E-state index in [1.807, 2.05) is 17.5 Å². The second-order valence-corrected chi connectivity index (χ2v) is 6.62. The Bertz CT molecular complexity index is 790. The number of thiophene rings is 1. The van der Waals surface area contributed by atoms with Crippen LogP contribution in [0.5, 0.6) is 5.75 Å². The van der Waals surface area contributed by atoms with Crippen LogP contribution < -0.4 is 10.1 Å². The SMILES string of the molecule is O=C(Cc1cccs1)Nc1nnc(COc2ccccc2F)s1. The average molecular weight is 349 g/mol. The smallest absolute Gasteiger partial charge is 0.231 e. The number of ether oxygens (including phenoxy) is 1. The summed E-state index contributed by atoms with van der Waals surface area (Å²) in [5.41, 5.74) is 0. The molecule has 0 atom stereocenters. The molecule has 2 heterocycles. The molecule has 0 saturated carbocycles. The summed E-state index contributed by atoms with van der Waals surface area (Å²) in [5, 5.41) is 13.4. The number of para-hydroxylation sites is 1. The predicted molar refractivity (Wildman–Crippen MR) is 87.3 cm³/mol. The van der Waals surface area contributed by atoms with Gasteiger partial charge in [-0.15, -0.1) is 21.5 Å². The van der Waals surface area contributed by atoms with Gasteiger partial charge in [0, 0.05) is 4.88 Å². The lowest BCUT2D eigenvalue weighted by molar-refractivity contribution is -0.115. The van der Waals surface area contributed by atoms with Crippen LogP contribution in [-0.2, 0) is 17.8 Å². The van der Waals surface area contributed by atoms with Gasteiger partial charge in [-0.25, -0.2) is 4.39 Å². The number of benzene rings is 1. The van der Waals surface area contributed by atoms with E-state index in [0.29, 0.717) is 16.6 Å². The van der Waals surface area contributed by atoms with Crippen molar-refractivity contribution < 1.29 is 13.9 Å². The Morgan fingerprint density at radius 3 is 2.87 bits per heavy atom. The van der Waals surface area contributed by atoms with E-state index in [9.17, 15) is 9.18 Å². The second-order valence-electron chi connectivity index (χ2n) is 4.52. The minimum absolute atomic E-state index is 0.0966. The van der Waals surface area contributed by atoms with E-state index in [0.717, 1.165) is 4.88 Å². The van der Waals surface area contributed by atoms with E-state index >= 15 is 0 Å². The molecule has 8 heteroatoms. The van der Waals surface area contributed by atoms with Gasteiger partial charge in [-0.05, 0) is 23.6 Å². The van der Waals surface area contributed by atoms with Crippen LogP contribution in [-0.4, -0.2) is 16.1 Å². The van der Waals surface area contributed by atoms with Gasteiger partial charge in [-0.2, -0.15) is 0 Å². The number of hydrogen-bond acceptors (Lipinski definition) is 6. The number of aromatic nitrogens is 2. The molecule has 0 radical (unpaired) electrons. The number of nitrogens with zero attached hydrogens (tertiary/aromatic N) is 2. The normalized spacial score (nSPS) is 10.5. The van der Waals surface area contributed by atoms with Gasteiger partial charge in [0.05, 0.1) is 6.42 Å². The molecule has 0 bridgehead atoms. The highest BCUT2D eigenvalue weighted by Gasteiger charge is 2.10. The maximum absolute atomic E-state index is 13.4. The van der Waals surface area contributed by atoms with Gasteiger partial charge in [-0.3, -0.25) is 4.79 Å². The third kappa shape index (κ3) is 4.33. The topological polar surface area (TPSA) is 64.1 Å². The van der Waals surface area contributed by atoms with Crippen molar-refractivity contribution in [1.29, 1.82) is 0 Å². The number of amides is 1. The summed E-state index contributed by atoms with van der Waals surface area (Å²) in [7, 11) is 0. The molecule has 0 aliphatic carbocycles. The van der Waals surface area contributed by atoms with Crippen molar-refractivity contribution in [2.75, 3.05) is 5.32 Å². The molecule has 23 heavy (non-hydrogen) atoms. The van der Waals surface area contributed by atoms with Crippen molar-refractivity contribution in [3.8, 4) is 5.75 Å². The molecule has 0 saturated heterocycles. The Kier molecular flexibility index (Phi) is 4.94. The Balaban J connectivity index is 1.53. The molecule has 0 fully saturated rings. The van der Waals surface area contributed by atoms with Crippen molar-refractivity contribution in [3.63, 3.8) is 0 Å². The summed E-state index contributed by atoms with van der Waals surface area (Å²) in [4.78, 5) is 12.8. The largest absolute Gasteiger partial charge is 0.483 e. The van der Waals surface area contributed by atoms with Crippen molar-refractivity contribution in [2.45, 2.75) is 13.0 Å². The zero-order valence-corrected chi connectivity index (χ0v) is 13.5. The second kappa shape index (κ2) is 7.30. The molecule has 2 aromatic heterocycles. The van der Waals surface area contributed by atoms with E-state index in [-0.39, 0.29) is 18.3 Å². The predicted octanol–water partition coefficient (Wildman–Crippen LogP) is 3.50. The molecule has 1 amide bonds. The standard InChI is InChI=1S/C15H12FN3O2S2/c16-11-5-1-2-6-12(11)21-9-14-18-19-15(23-14)17-13(20)8-10-4-3-7-22-10/h1-7H,8-9H2,(H,17,19,20). The van der Waals surface area contributed by atoms with E-state index in [2.05, 4.69) is 15.5 Å². The number of carbonyl (C=O) groups is 1. The molecule has 1 aromatic carbocycles. The zero-order chi connectivity index (χ0) is 16.1. The number of anilines is 1. The molecule has 118 valence electrons. The fourth-order valence-electron chi connectivity index (χ4n) is 1.80. The summed E-state index contributed by atoms with van der Waals surface area (Å²) in [6.07, 6.45) is 0.304. The van der Waals surface area contributed by atoms with Crippen molar-refractivity contribution in [1.82, 2.24) is 10.2 Å². The van der Waals surface area contributed by atoms with Gasteiger partial charge in [0.15, 0.2) is 16.6 Å². The third-order valence-corrected chi connectivity index (χ3v) is 4.50. The van der Waals surface area contributed by atoms with Crippen molar-refractivity contribution >= 4 is 33.7 Å². The lowest BCUT2D eigenvalue weighted by atomic mass is 10.3. The Labute approximate surface area is 139 Å². The number of rotatable bonds is 6. The molecule has 3 rings (SSSR count). The van der Waals surface area contributed by atoms with E-state index < -0.39 is 5.82 Å². The molecule has 1 N–H and O–H groups in total. The third-order valence-electron chi connectivity index (χ3n) is 2.82. The van der Waals surface area contributed by atoms with E-state index in [1.54, 1.807) is 18.2 Å². The summed E-state index contributed by atoms with van der Waals surface area (Å²) in [6.45, 7) is 0.0966. The highest BCUT2D eigenvalue weighted by Crippen LogP contribution is 2.20. The highest BCUT2D eigenvalue weighted by atomic mass is 32.1. The van der Waals surface area contributed by atoms with Gasteiger partial charge in [0.25, 0.3) is 0 Å². The number of carbonyl (C=O) groups excluding carboxylic acids is 1. The van der Waals surface area contributed by atoms with Crippen LogP contribution >= 0.6 is 22.7 Å².